The molecule has 0 spiro atoms. The third kappa shape index (κ3) is 4.32. The fraction of sp³-hybridized carbons (Fsp3) is 0.158. The van der Waals surface area contributed by atoms with Crippen LogP contribution in [0.2, 0.25) is 5.02 Å². The van der Waals surface area contributed by atoms with E-state index in [1.165, 1.54) is 11.3 Å². The molecule has 3 rings (SSSR count). The van der Waals surface area contributed by atoms with Gasteiger partial charge in [0.05, 0.1) is 38.3 Å². The normalized spacial score (nSPS) is 10.8. The van der Waals surface area contributed by atoms with E-state index < -0.39 is 0 Å². The van der Waals surface area contributed by atoms with Gasteiger partial charge < -0.3 is 14.2 Å². The average Bonchev–Trinajstić information content (AvgIpc) is 3.18. The van der Waals surface area contributed by atoms with Gasteiger partial charge in [0.2, 0.25) is 5.13 Å². The number of thiazole rings is 1. The summed E-state index contributed by atoms with van der Waals surface area (Å²) in [5.74, 6) is 1.82. The van der Waals surface area contributed by atoms with Crippen molar-refractivity contribution >= 4 is 34.3 Å². The number of aromatic nitrogens is 1. The molecule has 0 fully saturated rings. The van der Waals surface area contributed by atoms with E-state index in [-0.39, 0.29) is 0 Å². The van der Waals surface area contributed by atoms with E-state index in [0.717, 1.165) is 17.0 Å². The molecule has 6 nitrogen and oxygen atoms in total. The minimum atomic E-state index is 0.429. The van der Waals surface area contributed by atoms with Crippen LogP contribution in [0.15, 0.2) is 46.9 Å². The van der Waals surface area contributed by atoms with Crippen molar-refractivity contribution in [3.05, 3.63) is 52.4 Å². The van der Waals surface area contributed by atoms with Gasteiger partial charge in [0, 0.05) is 16.5 Å². The van der Waals surface area contributed by atoms with Crippen LogP contribution >= 0.6 is 22.9 Å². The minimum Gasteiger partial charge on any atom is -0.497 e. The first-order valence-corrected chi connectivity index (χ1v) is 9.21. The van der Waals surface area contributed by atoms with Crippen LogP contribution in [0.5, 0.6) is 17.2 Å². The van der Waals surface area contributed by atoms with Crippen LogP contribution in [0.3, 0.4) is 0 Å². The maximum Gasteiger partial charge on any atom is 0.203 e. The number of anilines is 1. The van der Waals surface area contributed by atoms with Crippen molar-refractivity contribution in [3.8, 4) is 28.5 Å². The summed E-state index contributed by atoms with van der Waals surface area (Å²) < 4.78 is 15.8. The smallest absolute Gasteiger partial charge is 0.203 e. The third-order valence-corrected chi connectivity index (χ3v) is 4.89. The number of nitrogens with zero attached hydrogens (tertiary/aromatic N) is 2. The zero-order chi connectivity index (χ0) is 19.2. The molecule has 0 bridgehead atoms. The molecule has 1 heterocycles. The van der Waals surface area contributed by atoms with Gasteiger partial charge in [-0.25, -0.2) is 4.98 Å². The highest BCUT2D eigenvalue weighted by atomic mass is 35.5. The largest absolute Gasteiger partial charge is 0.497 e. The summed E-state index contributed by atoms with van der Waals surface area (Å²) in [6, 6.07) is 11.3. The lowest BCUT2D eigenvalue weighted by Crippen LogP contribution is -1.96. The van der Waals surface area contributed by atoms with Crippen molar-refractivity contribution in [2.75, 3.05) is 26.8 Å². The highest BCUT2D eigenvalue weighted by Crippen LogP contribution is 2.36. The van der Waals surface area contributed by atoms with Gasteiger partial charge in [0.1, 0.15) is 5.75 Å². The Morgan fingerprint density at radius 3 is 2.70 bits per heavy atom. The lowest BCUT2D eigenvalue weighted by Gasteiger charge is -2.10. The molecule has 0 radical (unpaired) electrons. The van der Waals surface area contributed by atoms with Crippen molar-refractivity contribution in [1.82, 2.24) is 4.98 Å². The SMILES string of the molecule is COc1cccc(-c2csc(N/N=C\c3ccc(OC)c(OC)c3Cl)n2)c1. The second-order valence-corrected chi connectivity index (χ2v) is 6.58. The zero-order valence-electron chi connectivity index (χ0n) is 15.0. The third-order valence-electron chi connectivity index (χ3n) is 3.75. The number of nitrogens with one attached hydrogen (secondary N) is 1. The fourth-order valence-electron chi connectivity index (χ4n) is 2.40. The molecule has 0 aliphatic rings. The standard InChI is InChI=1S/C19H18ClN3O3S/c1-24-14-6-4-5-12(9-14)15-11-27-19(22-15)23-21-10-13-7-8-16(25-2)18(26-3)17(13)20/h4-11H,1-3H3,(H,22,23)/b21-10-. The van der Waals surface area contributed by atoms with Gasteiger partial charge >= 0.3 is 0 Å². The lowest BCUT2D eigenvalue weighted by molar-refractivity contribution is 0.355. The Bertz CT molecular complexity index is 959. The van der Waals surface area contributed by atoms with Gasteiger partial charge in [-0.3, -0.25) is 5.43 Å². The van der Waals surface area contributed by atoms with Crippen LogP contribution < -0.4 is 19.6 Å². The minimum absolute atomic E-state index is 0.429. The molecule has 0 aliphatic carbocycles. The van der Waals surface area contributed by atoms with Crippen molar-refractivity contribution in [3.63, 3.8) is 0 Å². The monoisotopic (exact) mass is 403 g/mol. The van der Waals surface area contributed by atoms with Gasteiger partial charge in [0.25, 0.3) is 0 Å². The van der Waals surface area contributed by atoms with Gasteiger partial charge in [-0.05, 0) is 24.3 Å². The summed E-state index contributed by atoms with van der Waals surface area (Å²) in [5, 5.41) is 7.26. The molecule has 0 saturated carbocycles. The summed E-state index contributed by atoms with van der Waals surface area (Å²) in [7, 11) is 4.74. The van der Waals surface area contributed by atoms with Gasteiger partial charge in [-0.2, -0.15) is 5.10 Å². The van der Waals surface area contributed by atoms with Crippen LogP contribution in [0.25, 0.3) is 11.3 Å². The van der Waals surface area contributed by atoms with Crippen molar-refractivity contribution in [1.29, 1.82) is 0 Å². The number of hydrogen-bond acceptors (Lipinski definition) is 7. The van der Waals surface area contributed by atoms with E-state index in [1.54, 1.807) is 39.7 Å². The van der Waals surface area contributed by atoms with Crippen LogP contribution in [0, 0.1) is 0 Å². The van der Waals surface area contributed by atoms with E-state index in [0.29, 0.717) is 27.2 Å². The predicted molar refractivity (Wildman–Crippen MR) is 110 cm³/mol. The number of halogens is 1. The molecular formula is C19H18ClN3O3S. The lowest BCUT2D eigenvalue weighted by atomic mass is 10.2. The molecule has 27 heavy (non-hydrogen) atoms. The summed E-state index contributed by atoms with van der Waals surface area (Å²) in [6.07, 6.45) is 1.61. The van der Waals surface area contributed by atoms with Crippen molar-refractivity contribution in [2.24, 2.45) is 5.10 Å². The molecule has 8 heteroatoms. The Morgan fingerprint density at radius 2 is 1.96 bits per heavy atom. The van der Waals surface area contributed by atoms with Gasteiger partial charge in [0.15, 0.2) is 11.5 Å². The van der Waals surface area contributed by atoms with E-state index in [4.69, 9.17) is 25.8 Å². The molecule has 3 aromatic rings. The maximum atomic E-state index is 6.34. The summed E-state index contributed by atoms with van der Waals surface area (Å²) in [4.78, 5) is 4.53. The van der Waals surface area contributed by atoms with Gasteiger partial charge in [-0.1, -0.05) is 23.7 Å². The first kappa shape index (κ1) is 19.0. The van der Waals surface area contributed by atoms with E-state index in [2.05, 4.69) is 15.5 Å². The van der Waals surface area contributed by atoms with Gasteiger partial charge in [-0.15, -0.1) is 11.3 Å². The first-order valence-electron chi connectivity index (χ1n) is 7.95. The van der Waals surface area contributed by atoms with E-state index >= 15 is 0 Å². The molecule has 0 unspecified atom stereocenters. The summed E-state index contributed by atoms with van der Waals surface area (Å²) in [6.45, 7) is 0. The van der Waals surface area contributed by atoms with Crippen molar-refractivity contribution < 1.29 is 14.2 Å². The Balaban J connectivity index is 1.73. The van der Waals surface area contributed by atoms with Crippen LogP contribution in [-0.4, -0.2) is 32.5 Å². The van der Waals surface area contributed by atoms with E-state index in [1.807, 2.05) is 29.6 Å². The first-order chi connectivity index (χ1) is 13.2. The van der Waals surface area contributed by atoms with Crippen LogP contribution in [0.4, 0.5) is 5.13 Å². The summed E-state index contributed by atoms with van der Waals surface area (Å²) in [5.41, 5.74) is 5.45. The number of ether oxygens (including phenoxy) is 3. The summed E-state index contributed by atoms with van der Waals surface area (Å²) >= 11 is 7.79. The molecule has 1 N–H and O–H groups in total. The number of hydrazone groups is 1. The van der Waals surface area contributed by atoms with Crippen LogP contribution in [-0.2, 0) is 0 Å². The van der Waals surface area contributed by atoms with Crippen molar-refractivity contribution in [2.45, 2.75) is 0 Å². The second-order valence-electron chi connectivity index (χ2n) is 5.34. The highest BCUT2D eigenvalue weighted by molar-refractivity contribution is 7.14. The molecule has 140 valence electrons. The molecule has 2 aromatic carbocycles. The molecule has 0 aliphatic heterocycles. The Kier molecular flexibility index (Phi) is 6.16. The molecule has 0 saturated heterocycles. The highest BCUT2D eigenvalue weighted by Gasteiger charge is 2.12. The fourth-order valence-corrected chi connectivity index (χ4v) is 3.35. The molecule has 0 amide bonds. The maximum absolute atomic E-state index is 6.34. The second kappa shape index (κ2) is 8.75. The number of hydrogen-bond donors (Lipinski definition) is 1. The average molecular weight is 404 g/mol. The quantitative estimate of drug-likeness (QED) is 0.447. The number of rotatable bonds is 7. The molecule has 0 atom stereocenters. The topological polar surface area (TPSA) is 65.0 Å². The Labute approximate surface area is 166 Å². The zero-order valence-corrected chi connectivity index (χ0v) is 16.6. The molecule has 1 aromatic heterocycles. The Hall–Kier alpha value is -2.77. The van der Waals surface area contributed by atoms with E-state index in [9.17, 15) is 0 Å². The Morgan fingerprint density at radius 1 is 1.11 bits per heavy atom. The molecular weight excluding hydrogens is 386 g/mol. The number of benzene rings is 2. The van der Waals surface area contributed by atoms with Crippen LogP contribution in [0.1, 0.15) is 5.56 Å². The predicted octanol–water partition coefficient (Wildman–Crippen LogP) is 4.94. The number of methoxy groups -OCH3 is 3.